The Morgan fingerprint density at radius 3 is 2.18 bits per heavy atom. The molecule has 1 aliphatic rings. The number of hydrogen-bond donors (Lipinski definition) is 0. The fraction of sp³-hybridized carbons (Fsp3) is 0.889. The second-order valence-electron chi connectivity index (χ2n) is 4.07. The summed E-state index contributed by atoms with van der Waals surface area (Å²) in [7, 11) is 1.89. The smallest absolute Gasteiger partial charge is 0.228 e. The first-order valence-electron chi connectivity index (χ1n) is 4.24. The van der Waals surface area contributed by atoms with E-state index < -0.39 is 0 Å². The zero-order chi connectivity index (χ0) is 8.65. The zero-order valence-electron chi connectivity index (χ0n) is 7.85. The minimum Gasteiger partial charge on any atom is -0.343 e. The molecule has 64 valence electrons. The van der Waals surface area contributed by atoms with Crippen molar-refractivity contribution in [3.8, 4) is 0 Å². The van der Waals surface area contributed by atoms with E-state index in [2.05, 4.69) is 0 Å². The Balaban J connectivity index is 2.54. The summed E-state index contributed by atoms with van der Waals surface area (Å²) in [6.07, 6.45) is 2.14. The van der Waals surface area contributed by atoms with Gasteiger partial charge in [0.25, 0.3) is 0 Å². The standard InChI is InChI=1S/C9H17NO/c1-7(2)10(4)8(11)9(3)5-6-9/h7H,5-6H2,1-4H3. The summed E-state index contributed by atoms with van der Waals surface area (Å²) in [5, 5.41) is 0. The highest BCUT2D eigenvalue weighted by Crippen LogP contribution is 2.46. The lowest BCUT2D eigenvalue weighted by Crippen LogP contribution is -2.37. The van der Waals surface area contributed by atoms with Crippen molar-refractivity contribution in [1.82, 2.24) is 4.90 Å². The average Bonchev–Trinajstić information content (AvgIpc) is 2.66. The molecule has 0 aromatic carbocycles. The van der Waals surface area contributed by atoms with Crippen molar-refractivity contribution >= 4 is 5.91 Å². The summed E-state index contributed by atoms with van der Waals surface area (Å²) in [4.78, 5) is 13.4. The fourth-order valence-corrected chi connectivity index (χ4v) is 1.06. The van der Waals surface area contributed by atoms with E-state index in [1.165, 1.54) is 0 Å². The van der Waals surface area contributed by atoms with Crippen molar-refractivity contribution in [2.45, 2.75) is 39.7 Å². The van der Waals surface area contributed by atoms with Crippen LogP contribution in [0.15, 0.2) is 0 Å². The molecule has 1 rings (SSSR count). The van der Waals surface area contributed by atoms with Crippen LogP contribution in [0.5, 0.6) is 0 Å². The van der Waals surface area contributed by atoms with E-state index >= 15 is 0 Å². The zero-order valence-corrected chi connectivity index (χ0v) is 7.85. The van der Waals surface area contributed by atoms with Gasteiger partial charge in [0.1, 0.15) is 0 Å². The minimum atomic E-state index is -0.000972. The molecule has 1 amide bonds. The summed E-state index contributed by atoms with van der Waals surface area (Å²) in [5.74, 6) is 0.313. The fourth-order valence-electron chi connectivity index (χ4n) is 1.06. The van der Waals surface area contributed by atoms with Crippen LogP contribution in [0.3, 0.4) is 0 Å². The van der Waals surface area contributed by atoms with Crippen molar-refractivity contribution in [3.05, 3.63) is 0 Å². The van der Waals surface area contributed by atoms with Gasteiger partial charge < -0.3 is 4.90 Å². The van der Waals surface area contributed by atoms with E-state index in [9.17, 15) is 4.79 Å². The first-order chi connectivity index (χ1) is 4.97. The molecule has 1 fully saturated rings. The normalized spacial score (nSPS) is 20.1. The van der Waals surface area contributed by atoms with Crippen LogP contribution in [0.2, 0.25) is 0 Å². The second-order valence-corrected chi connectivity index (χ2v) is 4.07. The molecule has 2 heteroatoms. The summed E-state index contributed by atoms with van der Waals surface area (Å²) >= 11 is 0. The van der Waals surface area contributed by atoms with Gasteiger partial charge in [0.05, 0.1) is 0 Å². The predicted molar refractivity (Wildman–Crippen MR) is 45.2 cm³/mol. The van der Waals surface area contributed by atoms with Gasteiger partial charge in [-0.3, -0.25) is 4.79 Å². The molecule has 0 saturated heterocycles. The van der Waals surface area contributed by atoms with E-state index in [4.69, 9.17) is 0 Å². The summed E-state index contributed by atoms with van der Waals surface area (Å²) in [6, 6.07) is 0.333. The van der Waals surface area contributed by atoms with E-state index in [0.29, 0.717) is 11.9 Å². The minimum absolute atomic E-state index is 0.000972. The Hall–Kier alpha value is -0.530. The van der Waals surface area contributed by atoms with Crippen LogP contribution in [-0.4, -0.2) is 23.9 Å². The van der Waals surface area contributed by atoms with Gasteiger partial charge in [0.15, 0.2) is 0 Å². The van der Waals surface area contributed by atoms with E-state index in [-0.39, 0.29) is 5.41 Å². The number of carbonyl (C=O) groups is 1. The van der Waals surface area contributed by atoms with Crippen molar-refractivity contribution in [2.24, 2.45) is 5.41 Å². The van der Waals surface area contributed by atoms with Gasteiger partial charge in [-0.2, -0.15) is 0 Å². The first kappa shape index (κ1) is 8.57. The number of hydrogen-bond acceptors (Lipinski definition) is 1. The Kier molecular flexibility index (Phi) is 1.95. The molecule has 0 aromatic heterocycles. The van der Waals surface area contributed by atoms with Crippen LogP contribution < -0.4 is 0 Å². The number of nitrogens with zero attached hydrogens (tertiary/aromatic N) is 1. The van der Waals surface area contributed by atoms with Crippen molar-refractivity contribution in [1.29, 1.82) is 0 Å². The van der Waals surface area contributed by atoms with Gasteiger partial charge in [0, 0.05) is 18.5 Å². The summed E-state index contributed by atoms with van der Waals surface area (Å²) in [5.41, 5.74) is -0.000972. The molecule has 0 unspecified atom stereocenters. The molecule has 0 heterocycles. The van der Waals surface area contributed by atoms with Crippen LogP contribution in [0.1, 0.15) is 33.6 Å². The molecule has 1 aliphatic carbocycles. The van der Waals surface area contributed by atoms with Crippen molar-refractivity contribution in [3.63, 3.8) is 0 Å². The maximum atomic E-state index is 11.6. The molecular formula is C9H17NO. The lowest BCUT2D eigenvalue weighted by molar-refractivity contribution is -0.136. The van der Waals surface area contributed by atoms with E-state index in [1.807, 2.05) is 32.7 Å². The molecule has 11 heavy (non-hydrogen) atoms. The van der Waals surface area contributed by atoms with Gasteiger partial charge in [-0.1, -0.05) is 6.92 Å². The molecule has 0 atom stereocenters. The summed E-state index contributed by atoms with van der Waals surface area (Å²) < 4.78 is 0. The number of amides is 1. The summed E-state index contributed by atoms with van der Waals surface area (Å²) in [6.45, 7) is 6.14. The molecule has 2 nitrogen and oxygen atoms in total. The highest BCUT2D eigenvalue weighted by Gasteiger charge is 2.46. The third kappa shape index (κ3) is 1.55. The average molecular weight is 155 g/mol. The molecule has 0 aliphatic heterocycles. The molecule has 0 N–H and O–H groups in total. The van der Waals surface area contributed by atoms with E-state index in [1.54, 1.807) is 0 Å². The van der Waals surface area contributed by atoms with Gasteiger partial charge in [-0.15, -0.1) is 0 Å². The molecular weight excluding hydrogens is 138 g/mol. The molecule has 0 radical (unpaired) electrons. The van der Waals surface area contributed by atoms with Gasteiger partial charge >= 0.3 is 0 Å². The molecule has 1 saturated carbocycles. The van der Waals surface area contributed by atoms with Crippen LogP contribution in [0, 0.1) is 5.41 Å². The van der Waals surface area contributed by atoms with Crippen LogP contribution in [0.4, 0.5) is 0 Å². The Labute approximate surface area is 68.6 Å². The van der Waals surface area contributed by atoms with Gasteiger partial charge in [-0.25, -0.2) is 0 Å². The lowest BCUT2D eigenvalue weighted by Gasteiger charge is -2.24. The number of carbonyl (C=O) groups excluding carboxylic acids is 1. The highest BCUT2D eigenvalue weighted by molar-refractivity contribution is 5.84. The van der Waals surface area contributed by atoms with Gasteiger partial charge in [0.2, 0.25) is 5.91 Å². The van der Waals surface area contributed by atoms with Crippen molar-refractivity contribution < 1.29 is 4.79 Å². The van der Waals surface area contributed by atoms with Crippen LogP contribution in [0.25, 0.3) is 0 Å². The van der Waals surface area contributed by atoms with Crippen LogP contribution in [-0.2, 0) is 4.79 Å². The Bertz CT molecular complexity index is 170. The highest BCUT2D eigenvalue weighted by atomic mass is 16.2. The topological polar surface area (TPSA) is 20.3 Å². The Morgan fingerprint density at radius 2 is 1.91 bits per heavy atom. The lowest BCUT2D eigenvalue weighted by atomic mass is 10.1. The second kappa shape index (κ2) is 2.50. The first-order valence-corrected chi connectivity index (χ1v) is 4.24. The SMILES string of the molecule is CC(C)N(C)C(=O)C1(C)CC1. The molecule has 0 aromatic rings. The number of rotatable bonds is 2. The molecule has 0 spiro atoms. The predicted octanol–water partition coefficient (Wildman–Crippen LogP) is 1.65. The maximum absolute atomic E-state index is 11.6. The van der Waals surface area contributed by atoms with Crippen LogP contribution >= 0.6 is 0 Å². The van der Waals surface area contributed by atoms with E-state index in [0.717, 1.165) is 12.8 Å². The Morgan fingerprint density at radius 1 is 1.45 bits per heavy atom. The third-order valence-electron chi connectivity index (χ3n) is 2.61. The third-order valence-corrected chi connectivity index (χ3v) is 2.61. The monoisotopic (exact) mass is 155 g/mol. The molecule has 0 bridgehead atoms. The van der Waals surface area contributed by atoms with Crippen molar-refractivity contribution in [2.75, 3.05) is 7.05 Å². The quantitative estimate of drug-likeness (QED) is 0.594. The maximum Gasteiger partial charge on any atom is 0.228 e. The van der Waals surface area contributed by atoms with Gasteiger partial charge in [-0.05, 0) is 26.7 Å². The largest absolute Gasteiger partial charge is 0.343 e.